The standard InChI is InChI=1S/C8H12Br2O4/c1-6(13-4-7(11)2-9)14-5-8(12)3-10/h6H,2-5H2,1H3. The van der Waals surface area contributed by atoms with Crippen LogP contribution in [0.1, 0.15) is 6.92 Å². The minimum Gasteiger partial charge on any atom is -0.345 e. The van der Waals surface area contributed by atoms with Crippen molar-refractivity contribution in [2.75, 3.05) is 23.9 Å². The molecule has 0 bridgehead atoms. The zero-order valence-electron chi connectivity index (χ0n) is 7.79. The van der Waals surface area contributed by atoms with Gasteiger partial charge in [0.25, 0.3) is 0 Å². The Kier molecular flexibility index (Phi) is 8.66. The highest BCUT2D eigenvalue weighted by Gasteiger charge is 2.07. The van der Waals surface area contributed by atoms with E-state index in [9.17, 15) is 9.59 Å². The summed E-state index contributed by atoms with van der Waals surface area (Å²) in [6, 6.07) is 0. The highest BCUT2D eigenvalue weighted by molar-refractivity contribution is 9.09. The first kappa shape index (κ1) is 14.2. The fourth-order valence-electron chi connectivity index (χ4n) is 0.546. The van der Waals surface area contributed by atoms with Gasteiger partial charge < -0.3 is 9.47 Å². The molecule has 0 saturated carbocycles. The second-order valence-corrected chi connectivity index (χ2v) is 3.66. The van der Waals surface area contributed by atoms with E-state index in [0.717, 1.165) is 0 Å². The summed E-state index contributed by atoms with van der Waals surface area (Å²) < 4.78 is 10.0. The third-order valence-corrected chi connectivity index (χ3v) is 2.51. The van der Waals surface area contributed by atoms with Crippen molar-refractivity contribution in [3.8, 4) is 0 Å². The summed E-state index contributed by atoms with van der Waals surface area (Å²) in [4.78, 5) is 21.6. The fourth-order valence-corrected chi connectivity index (χ4v) is 0.870. The Hall–Kier alpha value is 0.220. The average Bonchev–Trinajstić information content (AvgIpc) is 2.22. The van der Waals surface area contributed by atoms with Gasteiger partial charge in [-0.2, -0.15) is 0 Å². The number of ketones is 2. The molecule has 14 heavy (non-hydrogen) atoms. The molecule has 4 nitrogen and oxygen atoms in total. The predicted molar refractivity (Wildman–Crippen MR) is 59.0 cm³/mol. The van der Waals surface area contributed by atoms with Crippen molar-refractivity contribution in [1.29, 1.82) is 0 Å². The first-order valence-corrected chi connectivity index (χ1v) is 6.23. The number of hydrogen-bond acceptors (Lipinski definition) is 4. The van der Waals surface area contributed by atoms with Crippen LogP contribution >= 0.6 is 31.9 Å². The normalized spacial score (nSPS) is 10.6. The van der Waals surface area contributed by atoms with Gasteiger partial charge in [-0.05, 0) is 6.92 Å². The number of hydrogen-bond donors (Lipinski definition) is 0. The summed E-state index contributed by atoms with van der Waals surface area (Å²) in [7, 11) is 0. The van der Waals surface area contributed by atoms with Crippen molar-refractivity contribution < 1.29 is 19.1 Å². The highest BCUT2D eigenvalue weighted by atomic mass is 79.9. The Labute approximate surface area is 99.6 Å². The highest BCUT2D eigenvalue weighted by Crippen LogP contribution is 1.96. The van der Waals surface area contributed by atoms with E-state index in [0.29, 0.717) is 0 Å². The first-order valence-electron chi connectivity index (χ1n) is 3.98. The monoisotopic (exact) mass is 330 g/mol. The number of alkyl halides is 2. The zero-order chi connectivity index (χ0) is 11.0. The summed E-state index contributed by atoms with van der Waals surface area (Å²) in [5.74, 6) is -0.125. The molecular formula is C8H12Br2O4. The number of halogens is 2. The Morgan fingerprint density at radius 1 is 1.07 bits per heavy atom. The molecule has 0 aromatic carbocycles. The molecule has 6 heteroatoms. The van der Waals surface area contributed by atoms with E-state index < -0.39 is 6.29 Å². The Bertz CT molecular complexity index is 176. The van der Waals surface area contributed by atoms with Crippen LogP contribution in [0, 0.1) is 0 Å². The first-order chi connectivity index (χ1) is 6.60. The second-order valence-electron chi connectivity index (χ2n) is 2.53. The van der Waals surface area contributed by atoms with Crippen LogP contribution in [0.4, 0.5) is 0 Å². The van der Waals surface area contributed by atoms with Crippen LogP contribution in [0.3, 0.4) is 0 Å². The van der Waals surface area contributed by atoms with Crippen LogP contribution < -0.4 is 0 Å². The molecule has 0 aliphatic carbocycles. The molecule has 0 aromatic rings. The van der Waals surface area contributed by atoms with Gasteiger partial charge in [-0.25, -0.2) is 0 Å². The van der Waals surface area contributed by atoms with Crippen molar-refractivity contribution in [2.45, 2.75) is 13.2 Å². The number of rotatable bonds is 8. The molecule has 0 heterocycles. The largest absolute Gasteiger partial charge is 0.345 e. The van der Waals surface area contributed by atoms with Gasteiger partial charge in [-0.15, -0.1) is 0 Å². The summed E-state index contributed by atoms with van der Waals surface area (Å²) in [6.45, 7) is 1.63. The Morgan fingerprint density at radius 2 is 1.43 bits per heavy atom. The molecular weight excluding hydrogens is 320 g/mol. The van der Waals surface area contributed by atoms with Crippen LogP contribution in [0.25, 0.3) is 0 Å². The van der Waals surface area contributed by atoms with E-state index in [1.54, 1.807) is 6.92 Å². The molecule has 0 radical (unpaired) electrons. The third-order valence-electron chi connectivity index (χ3n) is 1.26. The topological polar surface area (TPSA) is 52.6 Å². The van der Waals surface area contributed by atoms with Crippen molar-refractivity contribution in [3.63, 3.8) is 0 Å². The lowest BCUT2D eigenvalue weighted by Crippen LogP contribution is -2.22. The molecule has 0 saturated heterocycles. The second kappa shape index (κ2) is 8.52. The number of Topliss-reactive ketones (excluding diaryl/α,β-unsaturated/α-hetero) is 2. The quantitative estimate of drug-likeness (QED) is 0.497. The molecule has 82 valence electrons. The van der Waals surface area contributed by atoms with Gasteiger partial charge in [0.15, 0.2) is 17.9 Å². The predicted octanol–water partition coefficient (Wildman–Crippen LogP) is 1.29. The lowest BCUT2D eigenvalue weighted by molar-refractivity contribution is -0.153. The maximum Gasteiger partial charge on any atom is 0.169 e. The zero-order valence-corrected chi connectivity index (χ0v) is 11.0. The van der Waals surface area contributed by atoms with Gasteiger partial charge >= 0.3 is 0 Å². The van der Waals surface area contributed by atoms with Crippen LogP contribution in [0.2, 0.25) is 0 Å². The molecule has 0 N–H and O–H groups in total. The number of ether oxygens (including phenoxy) is 2. The van der Waals surface area contributed by atoms with E-state index in [4.69, 9.17) is 9.47 Å². The molecule has 0 fully saturated rings. The SMILES string of the molecule is CC(OCC(=O)CBr)OCC(=O)CBr. The molecule has 0 aliphatic heterocycles. The van der Waals surface area contributed by atoms with Crippen molar-refractivity contribution in [2.24, 2.45) is 0 Å². The van der Waals surface area contributed by atoms with Crippen LogP contribution in [-0.4, -0.2) is 41.7 Å². The average molecular weight is 332 g/mol. The van der Waals surface area contributed by atoms with Crippen LogP contribution in [-0.2, 0) is 19.1 Å². The molecule has 0 atom stereocenters. The summed E-state index contributed by atoms with van der Waals surface area (Å²) in [5, 5.41) is 0.528. The molecule has 0 spiro atoms. The van der Waals surface area contributed by atoms with Crippen molar-refractivity contribution in [3.05, 3.63) is 0 Å². The third kappa shape index (κ3) is 7.61. The lowest BCUT2D eigenvalue weighted by Gasteiger charge is -2.12. The van der Waals surface area contributed by atoms with Crippen LogP contribution in [0.15, 0.2) is 0 Å². The van der Waals surface area contributed by atoms with Gasteiger partial charge in [-0.1, -0.05) is 31.9 Å². The van der Waals surface area contributed by atoms with Crippen molar-refractivity contribution >= 4 is 43.4 Å². The minimum absolute atomic E-state index is 0.00504. The van der Waals surface area contributed by atoms with Gasteiger partial charge in [0.2, 0.25) is 0 Å². The van der Waals surface area contributed by atoms with E-state index in [1.807, 2.05) is 0 Å². The Morgan fingerprint density at radius 3 is 1.71 bits per heavy atom. The molecule has 0 rings (SSSR count). The Balaban J connectivity index is 3.50. The van der Waals surface area contributed by atoms with E-state index >= 15 is 0 Å². The molecule has 0 unspecified atom stereocenters. The van der Waals surface area contributed by atoms with Crippen LogP contribution in [0.5, 0.6) is 0 Å². The van der Waals surface area contributed by atoms with E-state index in [-0.39, 0.29) is 35.4 Å². The summed E-state index contributed by atoms with van der Waals surface area (Å²) in [6.07, 6.45) is -0.541. The molecule has 0 amide bonds. The summed E-state index contributed by atoms with van der Waals surface area (Å²) >= 11 is 6.02. The van der Waals surface area contributed by atoms with Crippen molar-refractivity contribution in [1.82, 2.24) is 0 Å². The lowest BCUT2D eigenvalue weighted by atomic mass is 10.5. The fraction of sp³-hybridized carbons (Fsp3) is 0.750. The van der Waals surface area contributed by atoms with Gasteiger partial charge in [0, 0.05) is 0 Å². The van der Waals surface area contributed by atoms with Gasteiger partial charge in [0.05, 0.1) is 10.7 Å². The molecule has 0 aromatic heterocycles. The van der Waals surface area contributed by atoms with E-state index in [1.165, 1.54) is 0 Å². The van der Waals surface area contributed by atoms with E-state index in [2.05, 4.69) is 31.9 Å². The maximum absolute atomic E-state index is 10.8. The van der Waals surface area contributed by atoms with Gasteiger partial charge in [0.1, 0.15) is 13.2 Å². The van der Waals surface area contributed by atoms with Gasteiger partial charge in [-0.3, -0.25) is 9.59 Å². The number of carbonyl (C=O) groups excluding carboxylic acids is 2. The molecule has 0 aliphatic rings. The minimum atomic E-state index is -0.541. The summed E-state index contributed by atoms with van der Waals surface area (Å²) in [5.41, 5.74) is 0. The smallest absolute Gasteiger partial charge is 0.169 e. The number of carbonyl (C=O) groups is 2. The maximum atomic E-state index is 10.8.